The monoisotopic (exact) mass is 290 g/mol. The molecule has 1 aliphatic rings. The topological polar surface area (TPSA) is 49.8 Å². The van der Waals surface area contributed by atoms with Gasteiger partial charge in [-0.25, -0.2) is 9.97 Å². The highest BCUT2D eigenvalue weighted by Crippen LogP contribution is 2.46. The van der Waals surface area contributed by atoms with Crippen LogP contribution in [-0.4, -0.2) is 22.6 Å². The van der Waals surface area contributed by atoms with Gasteiger partial charge in [-0.05, 0) is 25.2 Å². The Morgan fingerprint density at radius 2 is 1.76 bits per heavy atom. The van der Waals surface area contributed by atoms with Crippen LogP contribution < -0.4 is 10.6 Å². The van der Waals surface area contributed by atoms with Gasteiger partial charge in [0.05, 0.1) is 0 Å². The molecule has 4 heteroatoms. The van der Waals surface area contributed by atoms with Crippen LogP contribution in [0.15, 0.2) is 0 Å². The van der Waals surface area contributed by atoms with Crippen molar-refractivity contribution in [2.24, 2.45) is 5.41 Å². The average molecular weight is 290 g/mol. The molecule has 1 aromatic rings. The zero-order chi connectivity index (χ0) is 15.8. The summed E-state index contributed by atoms with van der Waals surface area (Å²) in [6.45, 7) is 16.3. The number of hydrogen-bond acceptors (Lipinski definition) is 4. The molecule has 0 spiro atoms. The van der Waals surface area contributed by atoms with Crippen molar-refractivity contribution in [3.8, 4) is 0 Å². The highest BCUT2D eigenvalue weighted by Gasteiger charge is 2.46. The van der Waals surface area contributed by atoms with Gasteiger partial charge in [-0.1, -0.05) is 41.5 Å². The number of hydrogen-bond donors (Lipinski definition) is 2. The van der Waals surface area contributed by atoms with Gasteiger partial charge in [0.2, 0.25) is 0 Å². The molecule has 1 fully saturated rings. The largest absolute Gasteiger partial charge is 0.370 e. The third-order valence-electron chi connectivity index (χ3n) is 4.18. The fourth-order valence-corrected chi connectivity index (χ4v) is 2.29. The lowest BCUT2D eigenvalue weighted by Gasteiger charge is -2.21. The zero-order valence-electron chi connectivity index (χ0n) is 14.6. The highest BCUT2D eigenvalue weighted by atomic mass is 15.1. The van der Waals surface area contributed by atoms with Crippen LogP contribution in [0.5, 0.6) is 0 Å². The third-order valence-corrected chi connectivity index (χ3v) is 4.18. The van der Waals surface area contributed by atoms with Gasteiger partial charge in [0, 0.05) is 23.6 Å². The molecule has 1 unspecified atom stereocenters. The van der Waals surface area contributed by atoms with Gasteiger partial charge in [0.15, 0.2) is 0 Å². The molecular formula is C17H30N4. The lowest BCUT2D eigenvalue weighted by Crippen LogP contribution is -2.21. The number of nitrogens with zero attached hydrogens (tertiary/aromatic N) is 2. The summed E-state index contributed by atoms with van der Waals surface area (Å²) >= 11 is 0. The molecule has 1 heterocycles. The minimum absolute atomic E-state index is 0.0498. The van der Waals surface area contributed by atoms with Crippen molar-refractivity contribution in [3.63, 3.8) is 0 Å². The molecule has 21 heavy (non-hydrogen) atoms. The molecule has 1 atom stereocenters. The average Bonchev–Trinajstić information content (AvgIpc) is 2.96. The lowest BCUT2D eigenvalue weighted by molar-refractivity contribution is 0.545. The smallest absolute Gasteiger partial charge is 0.138 e. The molecule has 1 aromatic heterocycles. The second-order valence-electron chi connectivity index (χ2n) is 7.94. The minimum Gasteiger partial charge on any atom is -0.370 e. The zero-order valence-corrected chi connectivity index (χ0v) is 14.6. The van der Waals surface area contributed by atoms with Crippen LogP contribution in [0.1, 0.15) is 65.8 Å². The Labute approximate surface area is 129 Å². The molecule has 2 rings (SSSR count). The first-order valence-electron chi connectivity index (χ1n) is 8.04. The Hall–Kier alpha value is -1.32. The first-order chi connectivity index (χ1) is 9.65. The Morgan fingerprint density at radius 1 is 1.19 bits per heavy atom. The Kier molecular flexibility index (Phi) is 4.18. The van der Waals surface area contributed by atoms with Gasteiger partial charge >= 0.3 is 0 Å². The number of anilines is 2. The molecule has 2 N–H and O–H groups in total. The molecule has 118 valence electrons. The Balaban J connectivity index is 2.33. The molecule has 0 amide bonds. The maximum Gasteiger partial charge on any atom is 0.138 e. The third kappa shape index (κ3) is 3.66. The second kappa shape index (κ2) is 5.47. The van der Waals surface area contributed by atoms with E-state index in [4.69, 9.17) is 9.97 Å². The summed E-state index contributed by atoms with van der Waals surface area (Å²) in [4.78, 5) is 9.54. The minimum atomic E-state index is -0.0498. The van der Waals surface area contributed by atoms with E-state index in [1.165, 1.54) is 6.42 Å². The van der Waals surface area contributed by atoms with E-state index in [2.05, 4.69) is 59.1 Å². The summed E-state index contributed by atoms with van der Waals surface area (Å²) in [5.41, 5.74) is 1.46. The predicted octanol–water partition coefficient (Wildman–Crippen LogP) is 4.11. The summed E-state index contributed by atoms with van der Waals surface area (Å²) in [6.07, 6.45) is 2.30. The molecule has 0 saturated heterocycles. The van der Waals surface area contributed by atoms with Crippen molar-refractivity contribution in [2.45, 2.75) is 72.8 Å². The molecule has 0 aliphatic heterocycles. The van der Waals surface area contributed by atoms with Gasteiger partial charge in [-0.2, -0.15) is 0 Å². The van der Waals surface area contributed by atoms with Crippen molar-refractivity contribution in [2.75, 3.05) is 17.2 Å². The fraction of sp³-hybridized carbons (Fsp3) is 0.765. The predicted molar refractivity (Wildman–Crippen MR) is 90.1 cm³/mol. The van der Waals surface area contributed by atoms with Crippen molar-refractivity contribution >= 4 is 11.6 Å². The summed E-state index contributed by atoms with van der Waals surface area (Å²) in [5.74, 6) is 2.86. The van der Waals surface area contributed by atoms with E-state index in [0.29, 0.717) is 11.5 Å². The van der Waals surface area contributed by atoms with Gasteiger partial charge in [0.1, 0.15) is 17.5 Å². The molecule has 4 nitrogen and oxygen atoms in total. The van der Waals surface area contributed by atoms with Gasteiger partial charge in [-0.3, -0.25) is 0 Å². The molecular weight excluding hydrogens is 260 g/mol. The van der Waals surface area contributed by atoms with Gasteiger partial charge in [-0.15, -0.1) is 0 Å². The normalized spacial score (nSPS) is 20.2. The van der Waals surface area contributed by atoms with E-state index in [-0.39, 0.29) is 5.41 Å². The van der Waals surface area contributed by atoms with Crippen LogP contribution in [0.2, 0.25) is 0 Å². The number of rotatable bonds is 5. The second-order valence-corrected chi connectivity index (χ2v) is 7.94. The molecule has 0 bridgehead atoms. The maximum absolute atomic E-state index is 4.80. The Bertz CT molecular complexity index is 514. The summed E-state index contributed by atoms with van der Waals surface area (Å²) in [6, 6.07) is 0.526. The quantitative estimate of drug-likeness (QED) is 0.856. The van der Waals surface area contributed by atoms with E-state index in [1.54, 1.807) is 0 Å². The van der Waals surface area contributed by atoms with Crippen molar-refractivity contribution in [3.05, 3.63) is 11.4 Å². The number of nitrogens with one attached hydrogen (secondary N) is 2. The molecule has 1 aliphatic carbocycles. The van der Waals surface area contributed by atoms with Gasteiger partial charge < -0.3 is 10.6 Å². The van der Waals surface area contributed by atoms with Crippen LogP contribution in [0.4, 0.5) is 11.6 Å². The van der Waals surface area contributed by atoms with Crippen LogP contribution in [0, 0.1) is 12.3 Å². The molecule has 0 aromatic carbocycles. The SMILES string of the molecule is CCCNc1nc(C(C)(C)C)nc(NC2CC2(C)C)c1C. The van der Waals surface area contributed by atoms with Crippen LogP contribution in [0.3, 0.4) is 0 Å². The van der Waals surface area contributed by atoms with Crippen molar-refractivity contribution in [1.82, 2.24) is 9.97 Å². The van der Waals surface area contributed by atoms with Crippen LogP contribution in [0.25, 0.3) is 0 Å². The van der Waals surface area contributed by atoms with E-state index >= 15 is 0 Å². The summed E-state index contributed by atoms with van der Waals surface area (Å²) in [7, 11) is 0. The first-order valence-corrected chi connectivity index (χ1v) is 8.04. The lowest BCUT2D eigenvalue weighted by atomic mass is 9.95. The van der Waals surface area contributed by atoms with Crippen molar-refractivity contribution in [1.29, 1.82) is 0 Å². The van der Waals surface area contributed by atoms with E-state index in [0.717, 1.165) is 36.0 Å². The first kappa shape index (κ1) is 16.1. The standard InChI is InChI=1S/C17H30N4/c1-8-9-18-13-11(2)14(19-12-10-17(12,6)7)21-15(20-13)16(3,4)5/h12H,8-10H2,1-7H3,(H2,18,19,20,21). The summed E-state index contributed by atoms with van der Waals surface area (Å²) in [5, 5.41) is 7.05. The van der Waals surface area contributed by atoms with Gasteiger partial charge in [0.25, 0.3) is 0 Å². The van der Waals surface area contributed by atoms with E-state index in [1.807, 2.05) is 0 Å². The number of aromatic nitrogens is 2. The maximum atomic E-state index is 4.80. The molecule has 0 radical (unpaired) electrons. The van der Waals surface area contributed by atoms with Crippen LogP contribution in [-0.2, 0) is 5.41 Å². The van der Waals surface area contributed by atoms with Crippen LogP contribution >= 0.6 is 0 Å². The fourth-order valence-electron chi connectivity index (χ4n) is 2.29. The Morgan fingerprint density at radius 3 is 2.24 bits per heavy atom. The van der Waals surface area contributed by atoms with E-state index < -0.39 is 0 Å². The summed E-state index contributed by atoms with van der Waals surface area (Å²) < 4.78 is 0. The molecule has 1 saturated carbocycles. The van der Waals surface area contributed by atoms with E-state index in [9.17, 15) is 0 Å². The highest BCUT2D eigenvalue weighted by molar-refractivity contribution is 5.58. The van der Waals surface area contributed by atoms with Crippen molar-refractivity contribution < 1.29 is 0 Å².